The molecule has 0 saturated carbocycles. The zero-order chi connectivity index (χ0) is 12.0. The molecule has 1 unspecified atom stereocenters. The van der Waals surface area contributed by atoms with Crippen molar-refractivity contribution in [1.29, 1.82) is 0 Å². The maximum Gasteiger partial charge on any atom is 0.222 e. The standard InChI is InChI=1S/C13H26N2O.ClH/c1-4-11(2)15(3)13(16)6-5-12-7-9-14-10-8-12;/h11-12,14H,4-10H2,1-3H3;1H. The largest absolute Gasteiger partial charge is 0.343 e. The summed E-state index contributed by atoms with van der Waals surface area (Å²) in [5, 5.41) is 3.36. The molecule has 0 bridgehead atoms. The Hall–Kier alpha value is -0.280. The lowest BCUT2D eigenvalue weighted by Crippen LogP contribution is -2.35. The summed E-state index contributed by atoms with van der Waals surface area (Å²) < 4.78 is 0. The molecule has 1 aliphatic heterocycles. The van der Waals surface area contributed by atoms with Crippen molar-refractivity contribution in [3.63, 3.8) is 0 Å². The van der Waals surface area contributed by atoms with Crippen LogP contribution in [0.4, 0.5) is 0 Å². The van der Waals surface area contributed by atoms with Crippen molar-refractivity contribution in [2.24, 2.45) is 5.92 Å². The van der Waals surface area contributed by atoms with E-state index in [1.165, 1.54) is 12.8 Å². The summed E-state index contributed by atoms with van der Waals surface area (Å²) in [6.07, 6.45) is 5.31. The number of nitrogens with one attached hydrogen (secondary N) is 1. The molecule has 4 heteroatoms. The Bertz CT molecular complexity index is 217. The zero-order valence-electron chi connectivity index (χ0n) is 11.4. The Balaban J connectivity index is 0.00000256. The number of halogens is 1. The third-order valence-corrected chi connectivity index (χ3v) is 3.87. The molecular formula is C13H27ClN2O. The van der Waals surface area contributed by atoms with Crippen molar-refractivity contribution in [2.45, 2.75) is 52.0 Å². The quantitative estimate of drug-likeness (QED) is 0.826. The van der Waals surface area contributed by atoms with Gasteiger partial charge < -0.3 is 10.2 Å². The number of amides is 1. The summed E-state index contributed by atoms with van der Waals surface area (Å²) in [6.45, 7) is 6.49. The van der Waals surface area contributed by atoms with Crippen molar-refractivity contribution in [3.05, 3.63) is 0 Å². The van der Waals surface area contributed by atoms with E-state index in [-0.39, 0.29) is 12.4 Å². The van der Waals surface area contributed by atoms with Gasteiger partial charge in [-0.3, -0.25) is 4.79 Å². The molecule has 1 fully saturated rings. The molecule has 0 spiro atoms. The summed E-state index contributed by atoms with van der Waals surface area (Å²) in [5.41, 5.74) is 0. The fraction of sp³-hybridized carbons (Fsp3) is 0.923. The lowest BCUT2D eigenvalue weighted by Gasteiger charge is -2.26. The summed E-state index contributed by atoms with van der Waals surface area (Å²) in [4.78, 5) is 13.8. The van der Waals surface area contributed by atoms with Crippen molar-refractivity contribution >= 4 is 18.3 Å². The lowest BCUT2D eigenvalue weighted by atomic mass is 9.93. The molecule has 1 atom stereocenters. The van der Waals surface area contributed by atoms with Crippen LogP contribution >= 0.6 is 12.4 Å². The predicted octanol–water partition coefficient (Wildman–Crippen LogP) is 2.44. The first-order valence-corrected chi connectivity index (χ1v) is 6.61. The molecule has 102 valence electrons. The van der Waals surface area contributed by atoms with Crippen LogP contribution in [0.25, 0.3) is 0 Å². The van der Waals surface area contributed by atoms with Crippen LogP contribution in [0.15, 0.2) is 0 Å². The minimum Gasteiger partial charge on any atom is -0.343 e. The van der Waals surface area contributed by atoms with Gasteiger partial charge in [-0.05, 0) is 51.6 Å². The van der Waals surface area contributed by atoms with Crippen molar-refractivity contribution in [2.75, 3.05) is 20.1 Å². The van der Waals surface area contributed by atoms with Crippen LogP contribution in [0.5, 0.6) is 0 Å². The van der Waals surface area contributed by atoms with E-state index >= 15 is 0 Å². The molecule has 3 nitrogen and oxygen atoms in total. The lowest BCUT2D eigenvalue weighted by molar-refractivity contribution is -0.132. The van der Waals surface area contributed by atoms with E-state index in [4.69, 9.17) is 0 Å². The number of carbonyl (C=O) groups excluding carboxylic acids is 1. The highest BCUT2D eigenvalue weighted by molar-refractivity contribution is 5.85. The van der Waals surface area contributed by atoms with Gasteiger partial charge in [0.1, 0.15) is 0 Å². The first-order chi connectivity index (χ1) is 7.65. The maximum absolute atomic E-state index is 11.9. The molecule has 0 aromatic rings. The third kappa shape index (κ3) is 5.73. The molecule has 0 aromatic heterocycles. The second kappa shape index (κ2) is 8.76. The van der Waals surface area contributed by atoms with Crippen LogP contribution in [0, 0.1) is 5.92 Å². The average molecular weight is 263 g/mol. The van der Waals surface area contributed by atoms with Gasteiger partial charge in [0.05, 0.1) is 0 Å². The van der Waals surface area contributed by atoms with E-state index in [0.717, 1.165) is 38.3 Å². The topological polar surface area (TPSA) is 32.3 Å². The first-order valence-electron chi connectivity index (χ1n) is 6.61. The second-order valence-electron chi connectivity index (χ2n) is 4.99. The van der Waals surface area contributed by atoms with E-state index in [1.54, 1.807) is 0 Å². The van der Waals surface area contributed by atoms with Crippen LogP contribution < -0.4 is 5.32 Å². The molecule has 1 amide bonds. The van der Waals surface area contributed by atoms with Crippen LogP contribution in [-0.2, 0) is 4.79 Å². The van der Waals surface area contributed by atoms with Gasteiger partial charge in [-0.1, -0.05) is 6.92 Å². The van der Waals surface area contributed by atoms with Crippen molar-refractivity contribution in [1.82, 2.24) is 10.2 Å². The third-order valence-electron chi connectivity index (χ3n) is 3.87. The number of nitrogens with zero attached hydrogens (tertiary/aromatic N) is 1. The SMILES string of the molecule is CCC(C)N(C)C(=O)CCC1CCNCC1.Cl. The predicted molar refractivity (Wildman–Crippen MR) is 74.6 cm³/mol. The van der Waals surface area contributed by atoms with Crippen LogP contribution in [-0.4, -0.2) is 37.0 Å². The highest BCUT2D eigenvalue weighted by Crippen LogP contribution is 2.18. The van der Waals surface area contributed by atoms with E-state index in [9.17, 15) is 4.79 Å². The van der Waals surface area contributed by atoms with Crippen molar-refractivity contribution < 1.29 is 4.79 Å². The smallest absolute Gasteiger partial charge is 0.222 e. The minimum absolute atomic E-state index is 0. The Labute approximate surface area is 112 Å². The highest BCUT2D eigenvalue weighted by Gasteiger charge is 2.18. The fourth-order valence-electron chi connectivity index (χ4n) is 2.19. The highest BCUT2D eigenvalue weighted by atomic mass is 35.5. The summed E-state index contributed by atoms with van der Waals surface area (Å²) in [7, 11) is 1.93. The number of carbonyl (C=O) groups is 1. The molecule has 0 aromatic carbocycles. The monoisotopic (exact) mass is 262 g/mol. The molecule has 1 aliphatic rings. The Morgan fingerprint density at radius 2 is 2.00 bits per heavy atom. The van der Waals surface area contributed by atoms with E-state index < -0.39 is 0 Å². The van der Waals surface area contributed by atoms with Crippen LogP contribution in [0.1, 0.15) is 46.0 Å². The molecule has 1 rings (SSSR count). The van der Waals surface area contributed by atoms with Gasteiger partial charge in [-0.2, -0.15) is 0 Å². The van der Waals surface area contributed by atoms with Gasteiger partial charge >= 0.3 is 0 Å². The second-order valence-corrected chi connectivity index (χ2v) is 4.99. The van der Waals surface area contributed by atoms with Gasteiger partial charge in [0.25, 0.3) is 0 Å². The number of rotatable bonds is 5. The average Bonchev–Trinajstić information content (AvgIpc) is 2.35. The van der Waals surface area contributed by atoms with Gasteiger partial charge in [0.2, 0.25) is 5.91 Å². The Morgan fingerprint density at radius 1 is 1.41 bits per heavy atom. The molecular weight excluding hydrogens is 236 g/mol. The fourth-order valence-corrected chi connectivity index (χ4v) is 2.19. The van der Waals surface area contributed by atoms with Crippen molar-refractivity contribution in [3.8, 4) is 0 Å². The molecule has 1 saturated heterocycles. The van der Waals surface area contributed by atoms with Crippen LogP contribution in [0.3, 0.4) is 0 Å². The van der Waals surface area contributed by atoms with Crippen LogP contribution in [0.2, 0.25) is 0 Å². The molecule has 17 heavy (non-hydrogen) atoms. The van der Waals surface area contributed by atoms with Gasteiger partial charge in [0.15, 0.2) is 0 Å². The number of piperidine rings is 1. The Kier molecular flexibility index (Phi) is 8.61. The maximum atomic E-state index is 11.9. The van der Waals surface area contributed by atoms with E-state index in [0.29, 0.717) is 11.9 Å². The molecule has 1 N–H and O–H groups in total. The molecule has 0 radical (unpaired) electrons. The summed E-state index contributed by atoms with van der Waals surface area (Å²) in [6, 6.07) is 0.375. The summed E-state index contributed by atoms with van der Waals surface area (Å²) >= 11 is 0. The normalized spacial score (nSPS) is 18.3. The molecule has 1 heterocycles. The van der Waals surface area contributed by atoms with Gasteiger partial charge in [0, 0.05) is 19.5 Å². The Morgan fingerprint density at radius 3 is 2.53 bits per heavy atom. The van der Waals surface area contributed by atoms with E-state index in [1.807, 2.05) is 11.9 Å². The van der Waals surface area contributed by atoms with E-state index in [2.05, 4.69) is 19.2 Å². The zero-order valence-corrected chi connectivity index (χ0v) is 12.2. The molecule has 0 aliphatic carbocycles. The van der Waals surface area contributed by atoms with Gasteiger partial charge in [-0.25, -0.2) is 0 Å². The van der Waals surface area contributed by atoms with Gasteiger partial charge in [-0.15, -0.1) is 12.4 Å². The number of hydrogen-bond acceptors (Lipinski definition) is 2. The summed E-state index contributed by atoms with van der Waals surface area (Å²) in [5.74, 6) is 1.07. The number of hydrogen-bond donors (Lipinski definition) is 1. The first kappa shape index (κ1) is 16.7. The minimum atomic E-state index is 0.